The fourth-order valence-electron chi connectivity index (χ4n) is 2.44. The Kier molecular flexibility index (Phi) is 6.23. The summed E-state index contributed by atoms with van der Waals surface area (Å²) >= 11 is 5.26. The first-order valence-electron chi connectivity index (χ1n) is 8.40. The maximum Gasteiger partial charge on any atom is 0.262 e. The molecule has 0 atom stereocenters. The van der Waals surface area contributed by atoms with Gasteiger partial charge in [0.2, 0.25) is 0 Å². The van der Waals surface area contributed by atoms with Crippen molar-refractivity contribution in [3.05, 3.63) is 90.2 Å². The summed E-state index contributed by atoms with van der Waals surface area (Å²) in [6.45, 7) is 0.541. The van der Waals surface area contributed by atoms with Crippen molar-refractivity contribution < 1.29 is 12.8 Å². The molecule has 0 saturated carbocycles. The zero-order chi connectivity index (χ0) is 20.0. The number of anilines is 2. The van der Waals surface area contributed by atoms with Crippen LogP contribution in [0.2, 0.25) is 0 Å². The number of sulfonamides is 1. The van der Waals surface area contributed by atoms with Gasteiger partial charge in [-0.3, -0.25) is 4.72 Å². The molecule has 0 heterocycles. The summed E-state index contributed by atoms with van der Waals surface area (Å²) in [5, 5.41) is 6.37. The van der Waals surface area contributed by atoms with Crippen molar-refractivity contribution in [3.8, 4) is 0 Å². The Hall–Kier alpha value is -2.97. The number of benzene rings is 3. The second-order valence-electron chi connectivity index (χ2n) is 5.91. The highest BCUT2D eigenvalue weighted by molar-refractivity contribution is 7.92. The van der Waals surface area contributed by atoms with Crippen molar-refractivity contribution in [1.29, 1.82) is 0 Å². The standard InChI is InChI=1S/C20H18FN3O2S2/c21-18-11-4-5-12-19(18)24-28(25,26)17-10-6-9-16(13-17)23-20(27)22-14-15-7-2-1-3-8-15/h1-13,24H,14H2,(H2,22,23,27). The van der Waals surface area contributed by atoms with Gasteiger partial charge in [0.25, 0.3) is 10.0 Å². The first kappa shape index (κ1) is 19.8. The molecule has 0 aromatic heterocycles. The van der Waals surface area contributed by atoms with E-state index in [9.17, 15) is 12.8 Å². The zero-order valence-electron chi connectivity index (χ0n) is 14.7. The molecule has 0 unspecified atom stereocenters. The SMILES string of the molecule is O=S(=O)(Nc1ccccc1F)c1cccc(NC(=S)NCc2ccccc2)c1. The van der Waals surface area contributed by atoms with E-state index in [1.165, 1.54) is 30.3 Å². The van der Waals surface area contributed by atoms with Crippen LogP contribution in [0, 0.1) is 5.82 Å². The average Bonchev–Trinajstić information content (AvgIpc) is 2.69. The Morgan fingerprint density at radius 2 is 1.64 bits per heavy atom. The summed E-state index contributed by atoms with van der Waals surface area (Å²) in [7, 11) is -3.94. The van der Waals surface area contributed by atoms with E-state index in [0.29, 0.717) is 17.3 Å². The molecule has 144 valence electrons. The average molecular weight is 416 g/mol. The minimum absolute atomic E-state index is 0.00777. The summed E-state index contributed by atoms with van der Waals surface area (Å²) in [5.41, 5.74) is 1.46. The largest absolute Gasteiger partial charge is 0.358 e. The second kappa shape index (κ2) is 8.81. The van der Waals surface area contributed by atoms with Crippen LogP contribution in [0.3, 0.4) is 0 Å². The molecule has 0 aliphatic rings. The predicted molar refractivity (Wildman–Crippen MR) is 113 cm³/mol. The van der Waals surface area contributed by atoms with E-state index in [1.54, 1.807) is 18.2 Å². The lowest BCUT2D eigenvalue weighted by Gasteiger charge is -2.13. The van der Waals surface area contributed by atoms with E-state index in [2.05, 4.69) is 15.4 Å². The maximum atomic E-state index is 13.7. The van der Waals surface area contributed by atoms with Crippen molar-refractivity contribution >= 4 is 38.7 Å². The van der Waals surface area contributed by atoms with E-state index in [0.717, 1.165) is 5.56 Å². The van der Waals surface area contributed by atoms with Gasteiger partial charge in [-0.2, -0.15) is 0 Å². The first-order valence-corrected chi connectivity index (χ1v) is 10.3. The van der Waals surface area contributed by atoms with E-state index in [1.807, 2.05) is 30.3 Å². The van der Waals surface area contributed by atoms with Gasteiger partial charge in [0, 0.05) is 12.2 Å². The molecule has 3 aromatic rings. The topological polar surface area (TPSA) is 70.2 Å². The van der Waals surface area contributed by atoms with Gasteiger partial charge in [-0.05, 0) is 48.1 Å². The Morgan fingerprint density at radius 3 is 2.39 bits per heavy atom. The lowest BCUT2D eigenvalue weighted by atomic mass is 10.2. The Morgan fingerprint density at radius 1 is 0.929 bits per heavy atom. The summed E-state index contributed by atoms with van der Waals surface area (Å²) in [5.74, 6) is -0.647. The number of thiocarbonyl (C=S) groups is 1. The highest BCUT2D eigenvalue weighted by atomic mass is 32.2. The molecular formula is C20H18FN3O2S2. The maximum absolute atomic E-state index is 13.7. The Bertz CT molecular complexity index is 1070. The van der Waals surface area contributed by atoms with Crippen LogP contribution in [-0.4, -0.2) is 13.5 Å². The van der Waals surface area contributed by atoms with E-state index < -0.39 is 15.8 Å². The number of para-hydroxylation sites is 1. The lowest BCUT2D eigenvalue weighted by Crippen LogP contribution is -2.28. The molecule has 3 aromatic carbocycles. The predicted octanol–water partition coefficient (Wildman–Crippen LogP) is 4.11. The third kappa shape index (κ3) is 5.28. The van der Waals surface area contributed by atoms with Crippen LogP contribution in [-0.2, 0) is 16.6 Å². The molecule has 3 rings (SSSR count). The molecule has 28 heavy (non-hydrogen) atoms. The van der Waals surface area contributed by atoms with Gasteiger partial charge < -0.3 is 10.6 Å². The molecule has 0 spiro atoms. The molecular weight excluding hydrogens is 397 g/mol. The Balaban J connectivity index is 1.67. The van der Waals surface area contributed by atoms with Crippen molar-refractivity contribution in [2.75, 3.05) is 10.0 Å². The fourth-order valence-corrected chi connectivity index (χ4v) is 3.74. The third-order valence-corrected chi connectivity index (χ3v) is 5.43. The van der Waals surface area contributed by atoms with Crippen molar-refractivity contribution in [3.63, 3.8) is 0 Å². The van der Waals surface area contributed by atoms with Crippen LogP contribution in [0.1, 0.15) is 5.56 Å². The van der Waals surface area contributed by atoms with Gasteiger partial charge in [-0.15, -0.1) is 0 Å². The molecule has 0 amide bonds. The van der Waals surface area contributed by atoms with Crippen molar-refractivity contribution in [2.45, 2.75) is 11.4 Å². The van der Waals surface area contributed by atoms with E-state index >= 15 is 0 Å². The highest BCUT2D eigenvalue weighted by Crippen LogP contribution is 2.21. The van der Waals surface area contributed by atoms with Crippen molar-refractivity contribution in [1.82, 2.24) is 5.32 Å². The first-order chi connectivity index (χ1) is 13.4. The van der Waals surface area contributed by atoms with Crippen molar-refractivity contribution in [2.24, 2.45) is 0 Å². The minimum atomic E-state index is -3.94. The molecule has 3 N–H and O–H groups in total. The molecule has 0 aliphatic heterocycles. The fraction of sp³-hybridized carbons (Fsp3) is 0.0500. The Labute approximate surface area is 168 Å². The quantitative estimate of drug-likeness (QED) is 0.529. The minimum Gasteiger partial charge on any atom is -0.358 e. The van der Waals surface area contributed by atoms with Gasteiger partial charge in [0.1, 0.15) is 5.82 Å². The molecule has 0 saturated heterocycles. The van der Waals surface area contributed by atoms with Crippen LogP contribution in [0.15, 0.2) is 83.8 Å². The normalized spacial score (nSPS) is 10.9. The van der Waals surface area contributed by atoms with Gasteiger partial charge in [0.05, 0.1) is 10.6 Å². The summed E-state index contributed by atoms with van der Waals surface area (Å²) in [4.78, 5) is -0.00777. The molecule has 0 bridgehead atoms. The van der Waals surface area contributed by atoms with Gasteiger partial charge in [-0.25, -0.2) is 12.8 Å². The number of nitrogens with one attached hydrogen (secondary N) is 3. The molecule has 8 heteroatoms. The third-order valence-electron chi connectivity index (χ3n) is 3.82. The molecule has 0 aliphatic carbocycles. The summed E-state index contributed by atoms with van der Waals surface area (Å²) in [6.07, 6.45) is 0. The number of rotatable bonds is 6. The molecule has 5 nitrogen and oxygen atoms in total. The van der Waals surface area contributed by atoms with Crippen LogP contribution in [0.4, 0.5) is 15.8 Å². The van der Waals surface area contributed by atoms with Crippen LogP contribution in [0.5, 0.6) is 0 Å². The van der Waals surface area contributed by atoms with Crippen LogP contribution in [0.25, 0.3) is 0 Å². The molecule has 0 radical (unpaired) electrons. The van der Waals surface area contributed by atoms with E-state index in [4.69, 9.17) is 12.2 Å². The summed E-state index contributed by atoms with van der Waals surface area (Å²) in [6, 6.07) is 21.5. The van der Waals surface area contributed by atoms with Gasteiger partial charge in [0.15, 0.2) is 5.11 Å². The zero-order valence-corrected chi connectivity index (χ0v) is 16.4. The van der Waals surface area contributed by atoms with Gasteiger partial charge in [-0.1, -0.05) is 48.5 Å². The number of hydrogen-bond donors (Lipinski definition) is 3. The van der Waals surface area contributed by atoms with Gasteiger partial charge >= 0.3 is 0 Å². The highest BCUT2D eigenvalue weighted by Gasteiger charge is 2.16. The lowest BCUT2D eigenvalue weighted by molar-refractivity contribution is 0.598. The number of halogens is 1. The monoisotopic (exact) mass is 415 g/mol. The number of hydrogen-bond acceptors (Lipinski definition) is 3. The smallest absolute Gasteiger partial charge is 0.262 e. The van der Waals surface area contributed by atoms with Crippen LogP contribution < -0.4 is 15.4 Å². The van der Waals surface area contributed by atoms with E-state index in [-0.39, 0.29) is 10.6 Å². The summed E-state index contributed by atoms with van der Waals surface area (Å²) < 4.78 is 41.1. The molecule has 0 fully saturated rings. The van der Waals surface area contributed by atoms with Crippen LogP contribution >= 0.6 is 12.2 Å². The second-order valence-corrected chi connectivity index (χ2v) is 8.00.